The number of carboxylic acid groups (broad SMARTS) is 1. The first-order valence-electron chi connectivity index (χ1n) is 7.31. The predicted molar refractivity (Wildman–Crippen MR) is 77.8 cm³/mol. The first-order chi connectivity index (χ1) is 9.52. The van der Waals surface area contributed by atoms with Crippen molar-refractivity contribution in [3.63, 3.8) is 0 Å². The maximum Gasteiger partial charge on any atom is 0.311 e. The summed E-state index contributed by atoms with van der Waals surface area (Å²) in [4.78, 5) is 20.3. The van der Waals surface area contributed by atoms with Crippen molar-refractivity contribution in [3.8, 4) is 0 Å². The molecule has 1 aromatic rings. The quantitative estimate of drug-likeness (QED) is 0.828. The minimum absolute atomic E-state index is 0.408. The third-order valence-electron chi connectivity index (χ3n) is 4.08. The van der Waals surface area contributed by atoms with Crippen molar-refractivity contribution in [1.82, 2.24) is 9.97 Å². The number of aromatic nitrogens is 2. The van der Waals surface area contributed by atoms with E-state index in [0.717, 1.165) is 49.9 Å². The lowest BCUT2D eigenvalue weighted by atomic mass is 9.80. The summed E-state index contributed by atoms with van der Waals surface area (Å²) in [5, 5.41) is 12.8. The molecule has 1 aliphatic carbocycles. The zero-order chi connectivity index (χ0) is 14.6. The largest absolute Gasteiger partial charge is 0.481 e. The number of aliphatic carboxylic acids is 1. The Morgan fingerprint density at radius 3 is 2.25 bits per heavy atom. The molecule has 5 nitrogen and oxygen atoms in total. The number of rotatable bonds is 4. The summed E-state index contributed by atoms with van der Waals surface area (Å²) in [7, 11) is 0. The number of anilines is 1. The molecule has 2 N–H and O–H groups in total. The molecular formula is C15H23N3O2. The number of hydrogen-bond acceptors (Lipinski definition) is 4. The Balaban J connectivity index is 2.10. The molecule has 0 aromatic carbocycles. The fraction of sp³-hybridized carbons (Fsp3) is 0.667. The monoisotopic (exact) mass is 277 g/mol. The van der Waals surface area contributed by atoms with Crippen LogP contribution >= 0.6 is 0 Å². The molecule has 1 fully saturated rings. The first kappa shape index (κ1) is 14.8. The fourth-order valence-electron chi connectivity index (χ4n) is 2.92. The zero-order valence-corrected chi connectivity index (χ0v) is 12.3. The molecule has 0 amide bonds. The number of aryl methyl sites for hydroxylation is 2. The van der Waals surface area contributed by atoms with Crippen molar-refractivity contribution in [2.45, 2.75) is 52.4 Å². The molecule has 20 heavy (non-hydrogen) atoms. The van der Waals surface area contributed by atoms with Crippen molar-refractivity contribution in [1.29, 1.82) is 0 Å². The maximum absolute atomic E-state index is 11.7. The lowest BCUT2D eigenvalue weighted by Crippen LogP contribution is -2.38. The lowest BCUT2D eigenvalue weighted by molar-refractivity contribution is -0.149. The van der Waals surface area contributed by atoms with Gasteiger partial charge in [-0.2, -0.15) is 0 Å². The molecule has 5 heteroatoms. The van der Waals surface area contributed by atoms with E-state index >= 15 is 0 Å². The van der Waals surface area contributed by atoms with Gasteiger partial charge in [0.2, 0.25) is 5.95 Å². The van der Waals surface area contributed by atoms with Crippen molar-refractivity contribution in [2.75, 3.05) is 11.9 Å². The molecule has 0 unspecified atom stereocenters. The molecule has 0 atom stereocenters. The molecule has 0 aliphatic heterocycles. The van der Waals surface area contributed by atoms with E-state index < -0.39 is 11.4 Å². The van der Waals surface area contributed by atoms with Gasteiger partial charge in [0.05, 0.1) is 5.41 Å². The van der Waals surface area contributed by atoms with Crippen LogP contribution in [-0.2, 0) is 4.79 Å². The highest BCUT2D eigenvalue weighted by Gasteiger charge is 2.38. The summed E-state index contributed by atoms with van der Waals surface area (Å²) < 4.78 is 0. The summed E-state index contributed by atoms with van der Waals surface area (Å²) in [5.74, 6) is -0.163. The van der Waals surface area contributed by atoms with Crippen molar-refractivity contribution in [2.24, 2.45) is 5.41 Å². The molecule has 0 bridgehead atoms. The lowest BCUT2D eigenvalue weighted by Gasteiger charge is -2.28. The third-order valence-corrected chi connectivity index (χ3v) is 4.08. The van der Waals surface area contributed by atoms with Gasteiger partial charge in [-0.3, -0.25) is 4.79 Å². The van der Waals surface area contributed by atoms with E-state index in [1.54, 1.807) is 0 Å². The van der Waals surface area contributed by atoms with Gasteiger partial charge in [0.1, 0.15) is 0 Å². The SMILES string of the molecule is Cc1cc(C)nc(NCC2(C(=O)O)CCCCCC2)n1. The standard InChI is InChI=1S/C15H23N3O2/c1-11-9-12(2)18-14(17-11)16-10-15(13(19)20)7-5-3-4-6-8-15/h9H,3-8,10H2,1-2H3,(H,19,20)(H,16,17,18). The van der Waals surface area contributed by atoms with E-state index in [1.807, 2.05) is 19.9 Å². The molecule has 1 saturated carbocycles. The van der Waals surface area contributed by atoms with Gasteiger partial charge < -0.3 is 10.4 Å². The summed E-state index contributed by atoms with van der Waals surface area (Å²) in [6, 6.07) is 1.91. The topological polar surface area (TPSA) is 75.1 Å². The molecule has 0 radical (unpaired) electrons. The summed E-state index contributed by atoms with van der Waals surface area (Å²) >= 11 is 0. The first-order valence-corrected chi connectivity index (χ1v) is 7.31. The van der Waals surface area contributed by atoms with Crippen molar-refractivity contribution >= 4 is 11.9 Å². The van der Waals surface area contributed by atoms with Crippen LogP contribution in [-0.4, -0.2) is 27.6 Å². The van der Waals surface area contributed by atoms with Crippen LogP contribution in [0.2, 0.25) is 0 Å². The second kappa shape index (κ2) is 6.20. The van der Waals surface area contributed by atoms with E-state index in [2.05, 4.69) is 15.3 Å². The van der Waals surface area contributed by atoms with E-state index in [9.17, 15) is 9.90 Å². The second-order valence-electron chi connectivity index (χ2n) is 5.83. The van der Waals surface area contributed by atoms with E-state index in [1.165, 1.54) is 0 Å². The molecule has 1 aliphatic rings. The normalized spacial score (nSPS) is 18.3. The summed E-state index contributed by atoms with van der Waals surface area (Å²) in [6.07, 6.45) is 5.72. The Kier molecular flexibility index (Phi) is 4.57. The molecule has 0 spiro atoms. The average molecular weight is 277 g/mol. The number of nitrogens with one attached hydrogen (secondary N) is 1. The number of nitrogens with zero attached hydrogens (tertiary/aromatic N) is 2. The second-order valence-corrected chi connectivity index (χ2v) is 5.83. The van der Waals surface area contributed by atoms with Crippen LogP contribution in [0, 0.1) is 19.3 Å². The highest BCUT2D eigenvalue weighted by molar-refractivity contribution is 5.75. The Morgan fingerprint density at radius 1 is 1.20 bits per heavy atom. The molecule has 0 saturated heterocycles. The molecule has 1 aromatic heterocycles. The van der Waals surface area contributed by atoms with Crippen LogP contribution in [0.1, 0.15) is 49.9 Å². The van der Waals surface area contributed by atoms with Gasteiger partial charge in [0, 0.05) is 17.9 Å². The van der Waals surface area contributed by atoms with Gasteiger partial charge in [-0.05, 0) is 32.8 Å². The zero-order valence-electron chi connectivity index (χ0n) is 12.3. The highest BCUT2D eigenvalue weighted by Crippen LogP contribution is 2.35. The van der Waals surface area contributed by atoms with Gasteiger partial charge >= 0.3 is 5.97 Å². The maximum atomic E-state index is 11.7. The van der Waals surface area contributed by atoms with Crippen LogP contribution in [0.15, 0.2) is 6.07 Å². The minimum atomic E-state index is -0.698. The van der Waals surface area contributed by atoms with Gasteiger partial charge in [0.15, 0.2) is 0 Å². The average Bonchev–Trinajstić information content (AvgIpc) is 2.61. The number of carbonyl (C=O) groups is 1. The molecule has 2 rings (SSSR count). The molecule has 1 heterocycles. The van der Waals surface area contributed by atoms with Gasteiger partial charge in [-0.15, -0.1) is 0 Å². The van der Waals surface area contributed by atoms with Crippen LogP contribution in [0.4, 0.5) is 5.95 Å². The Morgan fingerprint density at radius 2 is 1.75 bits per heavy atom. The Bertz CT molecular complexity index is 460. The van der Waals surface area contributed by atoms with Crippen LogP contribution in [0.3, 0.4) is 0 Å². The van der Waals surface area contributed by atoms with E-state index in [-0.39, 0.29) is 0 Å². The highest BCUT2D eigenvalue weighted by atomic mass is 16.4. The third kappa shape index (κ3) is 3.46. The predicted octanol–water partition coefficient (Wildman–Crippen LogP) is 2.93. The van der Waals surface area contributed by atoms with Crippen molar-refractivity contribution < 1.29 is 9.90 Å². The molecule has 110 valence electrons. The smallest absolute Gasteiger partial charge is 0.311 e. The van der Waals surface area contributed by atoms with Crippen LogP contribution in [0.25, 0.3) is 0 Å². The fourth-order valence-corrected chi connectivity index (χ4v) is 2.92. The number of hydrogen-bond donors (Lipinski definition) is 2. The molecular weight excluding hydrogens is 254 g/mol. The van der Waals surface area contributed by atoms with E-state index in [0.29, 0.717) is 12.5 Å². The van der Waals surface area contributed by atoms with Gasteiger partial charge in [0.25, 0.3) is 0 Å². The van der Waals surface area contributed by atoms with Crippen LogP contribution < -0.4 is 5.32 Å². The van der Waals surface area contributed by atoms with Gasteiger partial charge in [-0.1, -0.05) is 25.7 Å². The van der Waals surface area contributed by atoms with Gasteiger partial charge in [-0.25, -0.2) is 9.97 Å². The minimum Gasteiger partial charge on any atom is -0.481 e. The Hall–Kier alpha value is -1.65. The summed E-state index contributed by atoms with van der Waals surface area (Å²) in [5.41, 5.74) is 1.12. The van der Waals surface area contributed by atoms with Crippen molar-refractivity contribution in [3.05, 3.63) is 17.5 Å². The van der Waals surface area contributed by atoms with Crippen LogP contribution in [0.5, 0.6) is 0 Å². The Labute approximate surface area is 119 Å². The number of carboxylic acids is 1. The van der Waals surface area contributed by atoms with E-state index in [4.69, 9.17) is 0 Å². The summed E-state index contributed by atoms with van der Waals surface area (Å²) in [6.45, 7) is 4.24.